The van der Waals surface area contributed by atoms with Gasteiger partial charge >= 0.3 is 12.3 Å². The van der Waals surface area contributed by atoms with Gasteiger partial charge in [-0.3, -0.25) is 10.1 Å². The van der Waals surface area contributed by atoms with Gasteiger partial charge in [-0.15, -0.1) is 0 Å². The number of nitro benzene ring substituents is 1. The van der Waals surface area contributed by atoms with Crippen LogP contribution in [-0.2, 0) is 0 Å². The molecule has 0 saturated carbocycles. The predicted octanol–water partition coefficient (Wildman–Crippen LogP) is 3.82. The number of azide groups is 1. The van der Waals surface area contributed by atoms with E-state index < -0.39 is 35.3 Å². The van der Waals surface area contributed by atoms with Crippen LogP contribution in [0.4, 0.5) is 28.9 Å². The fourth-order valence-corrected chi connectivity index (χ4v) is 1.11. The number of nitro groups is 1. The summed E-state index contributed by atoms with van der Waals surface area (Å²) in [5, 5.41) is 13.6. The first-order valence-electron chi connectivity index (χ1n) is 4.89. The van der Waals surface area contributed by atoms with E-state index >= 15 is 0 Å². The van der Waals surface area contributed by atoms with Crippen LogP contribution in [0.15, 0.2) is 23.3 Å². The van der Waals surface area contributed by atoms with Crippen molar-refractivity contribution in [2.75, 3.05) is 6.61 Å². The molecule has 0 saturated heterocycles. The molecule has 0 unspecified atom stereocenters. The predicted molar refractivity (Wildman–Crippen MR) is 58.3 cm³/mol. The van der Waals surface area contributed by atoms with Crippen LogP contribution in [0.5, 0.6) is 5.75 Å². The van der Waals surface area contributed by atoms with Crippen LogP contribution in [0.3, 0.4) is 0 Å². The van der Waals surface area contributed by atoms with Gasteiger partial charge < -0.3 is 4.74 Å². The summed E-state index contributed by atoms with van der Waals surface area (Å²) in [5.41, 5.74) is 7.34. The summed E-state index contributed by atoms with van der Waals surface area (Å²) in [6.45, 7) is -1.67. The Labute approximate surface area is 108 Å². The second-order valence-electron chi connectivity index (χ2n) is 3.48. The molecule has 0 aliphatic heterocycles. The Bertz CT molecular complexity index is 540. The smallest absolute Gasteiger partial charge is 0.340 e. The lowest BCUT2D eigenvalue weighted by Crippen LogP contribution is -2.33. The largest absolute Gasteiger partial charge is 0.487 e. The Kier molecular flexibility index (Phi) is 4.70. The lowest BCUT2D eigenvalue weighted by atomic mass is 10.2. The van der Waals surface area contributed by atoms with Gasteiger partial charge in [-0.05, 0) is 11.6 Å². The highest BCUT2D eigenvalue weighted by Gasteiger charge is 2.41. The van der Waals surface area contributed by atoms with E-state index in [-0.39, 0.29) is 5.69 Å². The number of non-ortho nitro benzene ring substituents is 1. The standard InChI is InChI=1S/C9H6F4N4O3/c10-8(11)9(12,13)4-20-7-2-5(15-16-14)1-6(3-7)17(18)19/h1-3,8H,4H2. The number of benzene rings is 1. The Hall–Kier alpha value is -2.55. The van der Waals surface area contributed by atoms with E-state index in [0.29, 0.717) is 0 Å². The van der Waals surface area contributed by atoms with Gasteiger partial charge in [0.2, 0.25) is 0 Å². The van der Waals surface area contributed by atoms with E-state index in [1.165, 1.54) is 0 Å². The van der Waals surface area contributed by atoms with Crippen LogP contribution < -0.4 is 4.74 Å². The van der Waals surface area contributed by atoms with Crippen molar-refractivity contribution in [1.82, 2.24) is 0 Å². The number of alkyl halides is 4. The Morgan fingerprint density at radius 3 is 2.60 bits per heavy atom. The van der Waals surface area contributed by atoms with Crippen molar-refractivity contribution < 1.29 is 27.2 Å². The van der Waals surface area contributed by atoms with Crippen molar-refractivity contribution in [3.63, 3.8) is 0 Å². The molecule has 0 aromatic heterocycles. The molecule has 7 nitrogen and oxygen atoms in total. The maximum Gasteiger partial charge on any atom is 0.340 e. The normalized spacial score (nSPS) is 11.1. The molecule has 20 heavy (non-hydrogen) atoms. The van der Waals surface area contributed by atoms with Crippen LogP contribution >= 0.6 is 0 Å². The molecule has 1 aromatic carbocycles. The zero-order chi connectivity index (χ0) is 15.3. The summed E-state index contributed by atoms with van der Waals surface area (Å²) in [7, 11) is 0. The molecule has 0 spiro atoms. The summed E-state index contributed by atoms with van der Waals surface area (Å²) in [6, 6.07) is 2.53. The molecule has 0 aliphatic carbocycles. The minimum atomic E-state index is -4.40. The molecule has 11 heteroatoms. The lowest BCUT2D eigenvalue weighted by Gasteiger charge is -2.15. The quantitative estimate of drug-likeness (QED) is 0.199. The van der Waals surface area contributed by atoms with E-state index in [2.05, 4.69) is 14.8 Å². The van der Waals surface area contributed by atoms with Crippen molar-refractivity contribution in [3.8, 4) is 5.75 Å². The van der Waals surface area contributed by atoms with E-state index in [1.54, 1.807) is 0 Å². The van der Waals surface area contributed by atoms with Gasteiger partial charge in [0, 0.05) is 16.7 Å². The van der Waals surface area contributed by atoms with Gasteiger partial charge in [-0.2, -0.15) is 8.78 Å². The summed E-state index contributed by atoms with van der Waals surface area (Å²) >= 11 is 0. The first-order chi connectivity index (χ1) is 9.26. The molecule has 0 N–H and O–H groups in total. The molecule has 1 aromatic rings. The summed E-state index contributed by atoms with van der Waals surface area (Å²) in [6.07, 6.45) is -3.93. The summed E-state index contributed by atoms with van der Waals surface area (Å²) in [5.74, 6) is -4.88. The molecule has 0 atom stereocenters. The highest BCUT2D eigenvalue weighted by molar-refractivity contribution is 5.52. The van der Waals surface area contributed by atoms with Crippen molar-refractivity contribution in [3.05, 3.63) is 38.8 Å². The van der Waals surface area contributed by atoms with Gasteiger partial charge in [-0.1, -0.05) is 5.11 Å². The Morgan fingerprint density at radius 2 is 2.10 bits per heavy atom. The number of nitrogens with zero attached hydrogens (tertiary/aromatic N) is 4. The van der Waals surface area contributed by atoms with Gasteiger partial charge in [0.25, 0.3) is 5.69 Å². The topological polar surface area (TPSA) is 101 Å². The lowest BCUT2D eigenvalue weighted by molar-refractivity contribution is -0.384. The third-order valence-electron chi connectivity index (χ3n) is 2.00. The molecule has 0 aliphatic rings. The van der Waals surface area contributed by atoms with Crippen LogP contribution in [0.1, 0.15) is 0 Å². The second kappa shape index (κ2) is 6.06. The number of rotatable bonds is 6. The van der Waals surface area contributed by atoms with E-state index in [9.17, 15) is 27.7 Å². The second-order valence-corrected chi connectivity index (χ2v) is 3.48. The van der Waals surface area contributed by atoms with E-state index in [1.807, 2.05) is 0 Å². The van der Waals surface area contributed by atoms with Crippen LogP contribution in [0, 0.1) is 10.1 Å². The molecule has 108 valence electrons. The van der Waals surface area contributed by atoms with Gasteiger partial charge in [-0.25, -0.2) is 8.78 Å². The summed E-state index contributed by atoms with van der Waals surface area (Å²) in [4.78, 5) is 12.0. The monoisotopic (exact) mass is 294 g/mol. The van der Waals surface area contributed by atoms with E-state index in [4.69, 9.17) is 5.53 Å². The molecule has 0 heterocycles. The third-order valence-corrected chi connectivity index (χ3v) is 2.00. The molecular formula is C9H6F4N4O3. The third kappa shape index (κ3) is 3.99. The molecule has 0 radical (unpaired) electrons. The van der Waals surface area contributed by atoms with Crippen molar-refractivity contribution >= 4 is 11.4 Å². The van der Waals surface area contributed by atoms with Crippen molar-refractivity contribution in [2.45, 2.75) is 12.3 Å². The molecule has 0 amide bonds. The minimum absolute atomic E-state index is 0.267. The number of hydrogen-bond acceptors (Lipinski definition) is 4. The first kappa shape index (κ1) is 15.5. The van der Waals surface area contributed by atoms with Crippen molar-refractivity contribution in [1.29, 1.82) is 0 Å². The average molecular weight is 294 g/mol. The highest BCUT2D eigenvalue weighted by Crippen LogP contribution is 2.30. The van der Waals surface area contributed by atoms with Gasteiger partial charge in [0.15, 0.2) is 6.61 Å². The SMILES string of the molecule is [N-]=[N+]=Nc1cc(OCC(F)(F)C(F)F)cc([N+](=O)[O-])c1. The molecule has 1 rings (SSSR count). The fraction of sp³-hybridized carbons (Fsp3) is 0.333. The first-order valence-corrected chi connectivity index (χ1v) is 4.89. The van der Waals surface area contributed by atoms with E-state index in [0.717, 1.165) is 18.2 Å². The minimum Gasteiger partial charge on any atom is -0.487 e. The number of hydrogen-bond donors (Lipinski definition) is 0. The number of halogens is 4. The highest BCUT2D eigenvalue weighted by atomic mass is 19.3. The zero-order valence-electron chi connectivity index (χ0n) is 9.54. The number of ether oxygens (including phenoxy) is 1. The molecular weight excluding hydrogens is 288 g/mol. The Balaban J connectivity index is 3.00. The molecule has 0 bridgehead atoms. The van der Waals surface area contributed by atoms with Crippen LogP contribution in [0.25, 0.3) is 10.4 Å². The van der Waals surface area contributed by atoms with Gasteiger partial charge in [0.1, 0.15) is 5.75 Å². The van der Waals surface area contributed by atoms with Crippen LogP contribution in [-0.4, -0.2) is 23.9 Å². The van der Waals surface area contributed by atoms with Crippen molar-refractivity contribution in [2.24, 2.45) is 5.11 Å². The molecule has 0 fully saturated rings. The maximum absolute atomic E-state index is 12.6. The Morgan fingerprint density at radius 1 is 1.45 bits per heavy atom. The maximum atomic E-state index is 12.6. The zero-order valence-corrected chi connectivity index (χ0v) is 9.54. The fourth-order valence-electron chi connectivity index (χ4n) is 1.11. The summed E-state index contributed by atoms with van der Waals surface area (Å²) < 4.78 is 53.5. The van der Waals surface area contributed by atoms with Gasteiger partial charge in [0.05, 0.1) is 11.0 Å². The average Bonchev–Trinajstić information content (AvgIpc) is 2.36. The van der Waals surface area contributed by atoms with Crippen LogP contribution in [0.2, 0.25) is 0 Å².